The summed E-state index contributed by atoms with van der Waals surface area (Å²) in [5, 5.41) is 8.65. The lowest BCUT2D eigenvalue weighted by Gasteiger charge is -2.21. The molecule has 0 aliphatic heterocycles. The van der Waals surface area contributed by atoms with Crippen molar-refractivity contribution in [2.75, 3.05) is 0 Å². The van der Waals surface area contributed by atoms with E-state index in [2.05, 4.69) is 12.6 Å². The molecule has 0 saturated heterocycles. The van der Waals surface area contributed by atoms with Gasteiger partial charge in [-0.1, -0.05) is 12.2 Å². The van der Waals surface area contributed by atoms with Crippen LogP contribution in [0.5, 0.6) is 0 Å². The monoisotopic (exact) mass is 198 g/mol. The van der Waals surface area contributed by atoms with Crippen LogP contribution in [0.2, 0.25) is 0 Å². The van der Waals surface area contributed by atoms with Gasteiger partial charge in [-0.25, -0.2) is 0 Å². The van der Waals surface area contributed by atoms with Crippen LogP contribution >= 0.6 is 12.6 Å². The zero-order valence-electron chi connectivity index (χ0n) is 6.88. The predicted octanol–water partition coefficient (Wildman–Crippen LogP) is 0.966. The minimum atomic E-state index is -0.871. The molecule has 0 unspecified atom stereocenters. The first-order chi connectivity index (χ1) is 6.11. The van der Waals surface area contributed by atoms with Gasteiger partial charge in [0.15, 0.2) is 5.12 Å². The maximum atomic E-state index is 11.1. The van der Waals surface area contributed by atoms with Crippen molar-refractivity contribution >= 4 is 23.7 Å². The number of carbonyl (C=O) groups excluding carboxylic acids is 1. The van der Waals surface area contributed by atoms with Gasteiger partial charge < -0.3 is 5.11 Å². The largest absolute Gasteiger partial charge is 0.481 e. The number of fused-ring (bicyclic) bond motifs is 2. The van der Waals surface area contributed by atoms with Gasteiger partial charge in [-0.05, 0) is 18.3 Å². The average Bonchev–Trinajstić information content (AvgIpc) is 2.60. The predicted molar refractivity (Wildman–Crippen MR) is 49.3 cm³/mol. The van der Waals surface area contributed by atoms with Crippen molar-refractivity contribution in [3.63, 3.8) is 0 Å². The average molecular weight is 198 g/mol. The summed E-state index contributed by atoms with van der Waals surface area (Å²) in [6, 6.07) is 0. The van der Waals surface area contributed by atoms with Gasteiger partial charge in [0.05, 0.1) is 5.92 Å². The van der Waals surface area contributed by atoms with Crippen LogP contribution in [0, 0.1) is 23.7 Å². The fourth-order valence-corrected chi connectivity index (χ4v) is 2.85. The lowest BCUT2D eigenvalue weighted by molar-refractivity contribution is -0.146. The number of rotatable bonds is 2. The summed E-state index contributed by atoms with van der Waals surface area (Å²) in [5.41, 5.74) is 0. The summed E-state index contributed by atoms with van der Waals surface area (Å²) < 4.78 is 0. The third kappa shape index (κ3) is 1.20. The van der Waals surface area contributed by atoms with Gasteiger partial charge in [-0.3, -0.25) is 9.59 Å². The van der Waals surface area contributed by atoms with E-state index in [1.54, 1.807) is 0 Å². The number of aliphatic carboxylic acids is 1. The first-order valence-corrected chi connectivity index (χ1v) is 4.70. The number of carboxylic acid groups (broad SMARTS) is 1. The Morgan fingerprint density at radius 1 is 1.23 bits per heavy atom. The Labute approximate surface area is 81.2 Å². The molecule has 0 aromatic carbocycles. The normalized spacial score (nSPS) is 41.0. The third-order valence-corrected chi connectivity index (χ3v) is 3.33. The summed E-state index contributed by atoms with van der Waals surface area (Å²) in [5.74, 6) is -1.67. The fourth-order valence-electron chi connectivity index (χ4n) is 2.50. The maximum absolute atomic E-state index is 11.1. The Hall–Kier alpha value is -0.770. The van der Waals surface area contributed by atoms with Crippen LogP contribution < -0.4 is 0 Å². The molecule has 70 valence electrons. The van der Waals surface area contributed by atoms with Crippen molar-refractivity contribution in [3.05, 3.63) is 12.2 Å². The van der Waals surface area contributed by atoms with Gasteiger partial charge in [-0.15, -0.1) is 12.6 Å². The topological polar surface area (TPSA) is 54.4 Å². The van der Waals surface area contributed by atoms with Gasteiger partial charge in [0, 0.05) is 5.92 Å². The van der Waals surface area contributed by atoms with Crippen molar-refractivity contribution in [2.45, 2.75) is 6.42 Å². The van der Waals surface area contributed by atoms with Crippen LogP contribution in [0.3, 0.4) is 0 Å². The number of hydrogen-bond acceptors (Lipinski definition) is 2. The molecule has 0 aromatic rings. The second kappa shape index (κ2) is 2.87. The van der Waals surface area contributed by atoms with E-state index in [-0.39, 0.29) is 17.0 Å². The molecule has 2 aliphatic carbocycles. The Bertz CT molecular complexity index is 269. The molecule has 0 aromatic heterocycles. The number of allylic oxidation sites excluding steroid dienone is 2. The molecular weight excluding hydrogens is 188 g/mol. The summed E-state index contributed by atoms with van der Waals surface area (Å²) in [6.45, 7) is 0. The van der Waals surface area contributed by atoms with Crippen LogP contribution in [-0.2, 0) is 9.59 Å². The zero-order chi connectivity index (χ0) is 9.59. The van der Waals surface area contributed by atoms with Gasteiger partial charge >= 0.3 is 5.97 Å². The van der Waals surface area contributed by atoms with Crippen LogP contribution in [-0.4, -0.2) is 16.2 Å². The van der Waals surface area contributed by atoms with Crippen molar-refractivity contribution in [2.24, 2.45) is 23.7 Å². The minimum absolute atomic E-state index is 0.0450. The van der Waals surface area contributed by atoms with E-state index >= 15 is 0 Å². The highest BCUT2D eigenvalue weighted by molar-refractivity contribution is 7.96. The molecule has 2 aliphatic rings. The molecule has 13 heavy (non-hydrogen) atoms. The van der Waals surface area contributed by atoms with E-state index in [0.29, 0.717) is 0 Å². The highest BCUT2D eigenvalue weighted by atomic mass is 32.1. The van der Waals surface area contributed by atoms with Crippen molar-refractivity contribution in [3.8, 4) is 0 Å². The van der Waals surface area contributed by atoms with Crippen LogP contribution in [0.15, 0.2) is 12.2 Å². The SMILES string of the molecule is O=C(O)[C@@H]1[C@@H](C(=O)S)[C@@H]2C=C[C@@H]1C2. The Balaban J connectivity index is 2.30. The minimum Gasteiger partial charge on any atom is -0.481 e. The molecule has 4 atom stereocenters. The van der Waals surface area contributed by atoms with Crippen LogP contribution in [0.1, 0.15) is 6.42 Å². The van der Waals surface area contributed by atoms with E-state index in [1.807, 2.05) is 12.2 Å². The number of thiol groups is 1. The zero-order valence-corrected chi connectivity index (χ0v) is 7.78. The lowest BCUT2D eigenvalue weighted by Crippen LogP contribution is -2.30. The highest BCUT2D eigenvalue weighted by Gasteiger charge is 2.50. The lowest BCUT2D eigenvalue weighted by atomic mass is 9.84. The van der Waals surface area contributed by atoms with E-state index in [0.717, 1.165) is 6.42 Å². The van der Waals surface area contributed by atoms with Gasteiger partial charge in [0.2, 0.25) is 0 Å². The van der Waals surface area contributed by atoms with E-state index in [9.17, 15) is 9.59 Å². The second-order valence-electron chi connectivity index (χ2n) is 3.68. The molecule has 1 N–H and O–H groups in total. The Kier molecular flexibility index (Phi) is 1.95. The van der Waals surface area contributed by atoms with Gasteiger partial charge in [0.1, 0.15) is 0 Å². The summed E-state index contributed by atoms with van der Waals surface area (Å²) in [6.07, 6.45) is 4.66. The van der Waals surface area contributed by atoms with Crippen molar-refractivity contribution < 1.29 is 14.7 Å². The van der Waals surface area contributed by atoms with Crippen molar-refractivity contribution in [1.82, 2.24) is 0 Å². The fraction of sp³-hybridized carbons (Fsp3) is 0.556. The second-order valence-corrected chi connectivity index (χ2v) is 4.12. The molecule has 0 amide bonds. The first-order valence-electron chi connectivity index (χ1n) is 4.25. The van der Waals surface area contributed by atoms with E-state index in [1.165, 1.54) is 0 Å². The Morgan fingerprint density at radius 2 is 1.77 bits per heavy atom. The molecular formula is C9H10O3S. The molecule has 4 heteroatoms. The molecule has 1 fully saturated rings. The summed E-state index contributed by atoms with van der Waals surface area (Å²) in [4.78, 5) is 22.0. The quantitative estimate of drug-likeness (QED) is 0.513. The molecule has 2 bridgehead atoms. The number of carbonyl (C=O) groups is 2. The number of hydrogen-bond donors (Lipinski definition) is 2. The molecule has 1 saturated carbocycles. The summed E-state index contributed by atoms with van der Waals surface area (Å²) >= 11 is 3.74. The molecule has 2 rings (SSSR count). The molecule has 0 spiro atoms. The van der Waals surface area contributed by atoms with Gasteiger partial charge in [0.25, 0.3) is 0 Å². The molecule has 0 heterocycles. The first kappa shape index (κ1) is 8.81. The van der Waals surface area contributed by atoms with E-state index in [4.69, 9.17) is 5.11 Å². The summed E-state index contributed by atoms with van der Waals surface area (Å²) in [7, 11) is 0. The van der Waals surface area contributed by atoms with Crippen LogP contribution in [0.25, 0.3) is 0 Å². The number of carboxylic acids is 1. The Morgan fingerprint density at radius 3 is 2.15 bits per heavy atom. The van der Waals surface area contributed by atoms with Gasteiger partial charge in [-0.2, -0.15) is 0 Å². The van der Waals surface area contributed by atoms with Crippen LogP contribution in [0.4, 0.5) is 0 Å². The standard InChI is InChI=1S/C9H10O3S/c10-8(11)6-4-1-2-5(3-4)7(6)9(12)13/h1-2,4-7H,3H2,(H,10,11)(H,12,13)/t4-,5-,6+,7+/m1/s1. The molecule has 0 radical (unpaired) electrons. The third-order valence-electron chi connectivity index (χ3n) is 3.03. The van der Waals surface area contributed by atoms with Crippen molar-refractivity contribution in [1.29, 1.82) is 0 Å². The molecule has 3 nitrogen and oxygen atoms in total. The highest BCUT2D eigenvalue weighted by Crippen LogP contribution is 2.48. The maximum Gasteiger partial charge on any atom is 0.307 e. The van der Waals surface area contributed by atoms with E-state index < -0.39 is 17.8 Å². The smallest absolute Gasteiger partial charge is 0.307 e.